The number of ether oxygens (including phenoxy) is 1. The highest BCUT2D eigenvalue weighted by Gasteiger charge is 2.21. The second-order valence-electron chi connectivity index (χ2n) is 7.25. The van der Waals surface area contributed by atoms with Crippen LogP contribution in [0.1, 0.15) is 48.5 Å². The van der Waals surface area contributed by atoms with Gasteiger partial charge in [0.2, 0.25) is 10.0 Å². The second kappa shape index (κ2) is 8.86. The fourth-order valence-corrected chi connectivity index (χ4v) is 4.16. The van der Waals surface area contributed by atoms with Crippen LogP contribution in [0.5, 0.6) is 0 Å². The fraction of sp³-hybridized carbons (Fsp3) is 0.381. The van der Waals surface area contributed by atoms with Crippen molar-refractivity contribution in [1.29, 1.82) is 0 Å². The summed E-state index contributed by atoms with van der Waals surface area (Å²) in [5.41, 5.74) is 2.13. The van der Waals surface area contributed by atoms with E-state index in [0.717, 1.165) is 12.8 Å². The maximum Gasteiger partial charge on any atom is 0.255 e. The zero-order valence-electron chi connectivity index (χ0n) is 16.1. The number of amides is 1. The average molecular weight is 403 g/mol. The quantitative estimate of drug-likeness (QED) is 0.742. The zero-order valence-corrected chi connectivity index (χ0v) is 17.0. The van der Waals surface area contributed by atoms with E-state index in [2.05, 4.69) is 23.9 Å². The molecule has 2 aromatic carbocycles. The van der Waals surface area contributed by atoms with Crippen molar-refractivity contribution in [1.82, 2.24) is 4.72 Å². The van der Waals surface area contributed by atoms with Crippen molar-refractivity contribution >= 4 is 21.6 Å². The van der Waals surface area contributed by atoms with Crippen LogP contribution >= 0.6 is 0 Å². The number of nitrogens with one attached hydrogen (secondary N) is 2. The summed E-state index contributed by atoms with van der Waals surface area (Å²) in [6.45, 7) is 5.11. The Morgan fingerprint density at radius 2 is 1.93 bits per heavy atom. The molecular formula is C21H26N2O4S. The third kappa shape index (κ3) is 5.19. The van der Waals surface area contributed by atoms with Gasteiger partial charge in [0.25, 0.3) is 5.91 Å². The van der Waals surface area contributed by atoms with Gasteiger partial charge in [-0.05, 0) is 54.7 Å². The molecule has 1 fully saturated rings. The Balaban J connectivity index is 1.68. The summed E-state index contributed by atoms with van der Waals surface area (Å²) in [4.78, 5) is 12.6. The van der Waals surface area contributed by atoms with E-state index in [0.29, 0.717) is 18.2 Å². The number of hydrogen-bond donors (Lipinski definition) is 2. The molecule has 0 aromatic heterocycles. The van der Waals surface area contributed by atoms with Gasteiger partial charge in [0, 0.05) is 24.4 Å². The first-order valence-electron chi connectivity index (χ1n) is 9.48. The first-order valence-corrected chi connectivity index (χ1v) is 11.0. The maximum atomic E-state index is 12.5. The standard InChI is InChI=1S/C21H26N2O4S/c1-15(2)16-8-10-18(11-9-16)23-21(24)17-5-3-7-20(13-17)28(25,26)22-14-19-6-4-12-27-19/h3,5,7-11,13,15,19,22H,4,6,12,14H2,1-2H3,(H,23,24). The molecule has 2 aromatic rings. The van der Waals surface area contributed by atoms with Gasteiger partial charge in [-0.1, -0.05) is 32.0 Å². The lowest BCUT2D eigenvalue weighted by atomic mass is 10.0. The Bertz CT molecular complexity index is 918. The Morgan fingerprint density at radius 1 is 1.18 bits per heavy atom. The first-order chi connectivity index (χ1) is 13.3. The minimum absolute atomic E-state index is 0.0632. The number of carbonyl (C=O) groups excluding carboxylic acids is 1. The summed E-state index contributed by atoms with van der Waals surface area (Å²) in [6.07, 6.45) is 1.70. The molecule has 1 unspecified atom stereocenters. The molecule has 150 valence electrons. The van der Waals surface area contributed by atoms with Gasteiger partial charge < -0.3 is 10.1 Å². The van der Waals surface area contributed by atoms with Crippen molar-refractivity contribution < 1.29 is 17.9 Å². The number of sulfonamides is 1. The molecule has 1 saturated heterocycles. The van der Waals surface area contributed by atoms with Crippen LogP contribution in [0.4, 0.5) is 5.69 Å². The SMILES string of the molecule is CC(C)c1ccc(NC(=O)c2cccc(S(=O)(=O)NCC3CCCO3)c2)cc1. The molecule has 1 heterocycles. The minimum atomic E-state index is -3.70. The fourth-order valence-electron chi connectivity index (χ4n) is 3.05. The predicted octanol–water partition coefficient (Wildman–Crippen LogP) is 3.52. The van der Waals surface area contributed by atoms with Gasteiger partial charge in [-0.2, -0.15) is 0 Å². The van der Waals surface area contributed by atoms with E-state index >= 15 is 0 Å². The molecule has 3 rings (SSSR count). The highest BCUT2D eigenvalue weighted by atomic mass is 32.2. The Kier molecular flexibility index (Phi) is 6.49. The lowest BCUT2D eigenvalue weighted by Crippen LogP contribution is -2.32. The van der Waals surface area contributed by atoms with Crippen LogP contribution in [-0.4, -0.2) is 33.6 Å². The number of carbonyl (C=O) groups is 1. The van der Waals surface area contributed by atoms with Gasteiger partial charge in [-0.15, -0.1) is 0 Å². The molecule has 0 saturated carbocycles. The lowest BCUT2D eigenvalue weighted by molar-refractivity contribution is 0.102. The first kappa shape index (κ1) is 20.5. The van der Waals surface area contributed by atoms with E-state index < -0.39 is 10.0 Å². The highest BCUT2D eigenvalue weighted by molar-refractivity contribution is 7.89. The predicted molar refractivity (Wildman–Crippen MR) is 109 cm³/mol. The topological polar surface area (TPSA) is 84.5 Å². The monoisotopic (exact) mass is 402 g/mol. The largest absolute Gasteiger partial charge is 0.377 e. The van der Waals surface area contributed by atoms with Gasteiger partial charge in [0.15, 0.2) is 0 Å². The molecular weight excluding hydrogens is 376 g/mol. The molecule has 6 nitrogen and oxygen atoms in total. The van der Waals surface area contributed by atoms with Crippen molar-refractivity contribution in [3.8, 4) is 0 Å². The summed E-state index contributed by atoms with van der Waals surface area (Å²) < 4.78 is 33.1. The smallest absolute Gasteiger partial charge is 0.255 e. The van der Waals surface area contributed by atoms with Crippen LogP contribution in [0.3, 0.4) is 0 Å². The van der Waals surface area contributed by atoms with Crippen molar-refractivity contribution in [3.63, 3.8) is 0 Å². The van der Waals surface area contributed by atoms with Crippen LogP contribution in [0.2, 0.25) is 0 Å². The lowest BCUT2D eigenvalue weighted by Gasteiger charge is -2.12. The van der Waals surface area contributed by atoms with Gasteiger partial charge in [-0.3, -0.25) is 4.79 Å². The summed E-state index contributed by atoms with van der Waals surface area (Å²) in [6, 6.07) is 13.6. The van der Waals surface area contributed by atoms with Crippen LogP contribution in [0.15, 0.2) is 53.4 Å². The Hall–Kier alpha value is -2.22. The van der Waals surface area contributed by atoms with Crippen molar-refractivity contribution in [2.45, 2.75) is 43.6 Å². The number of benzene rings is 2. The zero-order chi connectivity index (χ0) is 20.1. The van der Waals surface area contributed by atoms with Crippen LogP contribution in [0, 0.1) is 0 Å². The Labute approximate surface area is 166 Å². The van der Waals surface area contributed by atoms with Gasteiger partial charge in [0.05, 0.1) is 11.0 Å². The summed E-state index contributed by atoms with van der Waals surface area (Å²) in [5.74, 6) is 0.0576. The Morgan fingerprint density at radius 3 is 2.57 bits per heavy atom. The summed E-state index contributed by atoms with van der Waals surface area (Å²) in [7, 11) is -3.70. The van der Waals surface area contributed by atoms with Crippen molar-refractivity contribution in [2.24, 2.45) is 0 Å². The molecule has 7 heteroatoms. The molecule has 0 aliphatic carbocycles. The van der Waals surface area contributed by atoms with E-state index in [1.807, 2.05) is 24.3 Å². The normalized spacial score (nSPS) is 17.0. The van der Waals surface area contributed by atoms with E-state index in [9.17, 15) is 13.2 Å². The van der Waals surface area contributed by atoms with Gasteiger partial charge in [0.1, 0.15) is 0 Å². The molecule has 0 spiro atoms. The van der Waals surface area contributed by atoms with Crippen LogP contribution in [0.25, 0.3) is 0 Å². The molecule has 2 N–H and O–H groups in total. The second-order valence-corrected chi connectivity index (χ2v) is 9.01. The molecule has 0 bridgehead atoms. The highest BCUT2D eigenvalue weighted by Crippen LogP contribution is 2.19. The van der Waals surface area contributed by atoms with Gasteiger partial charge >= 0.3 is 0 Å². The van der Waals surface area contributed by atoms with Crippen LogP contribution in [-0.2, 0) is 14.8 Å². The molecule has 0 radical (unpaired) electrons. The van der Waals surface area contributed by atoms with Crippen molar-refractivity contribution in [2.75, 3.05) is 18.5 Å². The summed E-state index contributed by atoms with van der Waals surface area (Å²) >= 11 is 0. The summed E-state index contributed by atoms with van der Waals surface area (Å²) in [5, 5.41) is 2.81. The molecule has 1 aliphatic rings. The van der Waals surface area contributed by atoms with E-state index in [1.165, 1.54) is 17.7 Å². The van der Waals surface area contributed by atoms with E-state index in [1.54, 1.807) is 12.1 Å². The van der Waals surface area contributed by atoms with E-state index in [-0.39, 0.29) is 29.0 Å². The minimum Gasteiger partial charge on any atom is -0.377 e. The third-order valence-corrected chi connectivity index (χ3v) is 6.19. The molecule has 1 aliphatic heterocycles. The molecule has 1 atom stereocenters. The molecule has 1 amide bonds. The van der Waals surface area contributed by atoms with Crippen molar-refractivity contribution in [3.05, 3.63) is 59.7 Å². The van der Waals surface area contributed by atoms with E-state index in [4.69, 9.17) is 4.74 Å². The molecule has 28 heavy (non-hydrogen) atoms. The number of rotatable bonds is 7. The van der Waals surface area contributed by atoms with Crippen LogP contribution < -0.4 is 10.0 Å². The van der Waals surface area contributed by atoms with Gasteiger partial charge in [-0.25, -0.2) is 13.1 Å². The maximum absolute atomic E-state index is 12.5. The number of anilines is 1. The number of hydrogen-bond acceptors (Lipinski definition) is 4. The third-order valence-electron chi connectivity index (χ3n) is 4.77. The average Bonchev–Trinajstić information content (AvgIpc) is 3.21.